The van der Waals surface area contributed by atoms with Crippen LogP contribution in [0.5, 0.6) is 5.75 Å². The molecule has 1 heterocycles. The van der Waals surface area contributed by atoms with Crippen molar-refractivity contribution in [3.05, 3.63) is 29.8 Å². The largest absolute Gasteiger partial charge is 0.496 e. The summed E-state index contributed by atoms with van der Waals surface area (Å²) < 4.78 is 16.6. The van der Waals surface area contributed by atoms with Crippen molar-refractivity contribution in [2.75, 3.05) is 53.2 Å². The molecule has 0 radical (unpaired) electrons. The second-order valence-corrected chi connectivity index (χ2v) is 6.95. The molecule has 0 saturated carbocycles. The third-order valence-corrected chi connectivity index (χ3v) is 4.67. The van der Waals surface area contributed by atoms with Crippen LogP contribution in [0.2, 0.25) is 0 Å². The molecule has 2 atom stereocenters. The first-order valence-electron chi connectivity index (χ1n) is 10.0. The maximum Gasteiger partial charge on any atom is 0.191 e. The van der Waals surface area contributed by atoms with E-state index in [1.807, 2.05) is 18.2 Å². The predicted octanol–water partition coefficient (Wildman–Crippen LogP) is 2.80. The number of nitrogens with zero attached hydrogens (tertiary/aromatic N) is 1. The molecule has 1 fully saturated rings. The van der Waals surface area contributed by atoms with Crippen LogP contribution in [-0.4, -0.2) is 59.1 Å². The van der Waals surface area contributed by atoms with Crippen molar-refractivity contribution in [2.45, 2.75) is 32.6 Å². The number of para-hydroxylation sites is 1. The molecule has 1 aliphatic rings. The summed E-state index contributed by atoms with van der Waals surface area (Å²) in [6.45, 7) is 9.94. The van der Waals surface area contributed by atoms with Gasteiger partial charge in [0.05, 0.1) is 20.3 Å². The van der Waals surface area contributed by atoms with Crippen molar-refractivity contribution in [2.24, 2.45) is 10.9 Å². The van der Waals surface area contributed by atoms with Crippen LogP contribution in [0.15, 0.2) is 29.3 Å². The first-order chi connectivity index (χ1) is 13.2. The molecule has 2 unspecified atom stereocenters. The van der Waals surface area contributed by atoms with Crippen LogP contribution in [0.3, 0.4) is 0 Å². The minimum absolute atomic E-state index is 0.286. The van der Waals surface area contributed by atoms with Crippen LogP contribution in [-0.2, 0) is 9.47 Å². The van der Waals surface area contributed by atoms with Gasteiger partial charge < -0.3 is 24.8 Å². The zero-order chi connectivity index (χ0) is 19.3. The zero-order valence-corrected chi connectivity index (χ0v) is 17.0. The van der Waals surface area contributed by atoms with Gasteiger partial charge in [0.1, 0.15) is 5.75 Å². The minimum Gasteiger partial charge on any atom is -0.496 e. The lowest BCUT2D eigenvalue weighted by atomic mass is 10.0. The molecule has 2 rings (SSSR count). The Morgan fingerprint density at radius 3 is 2.93 bits per heavy atom. The molecule has 0 aromatic heterocycles. The molecule has 2 N–H and O–H groups in total. The van der Waals surface area contributed by atoms with Gasteiger partial charge in [0.15, 0.2) is 5.96 Å². The third kappa shape index (κ3) is 7.77. The van der Waals surface area contributed by atoms with Crippen LogP contribution in [0.4, 0.5) is 0 Å². The fourth-order valence-corrected chi connectivity index (χ4v) is 3.09. The molecule has 0 amide bonds. The van der Waals surface area contributed by atoms with Crippen molar-refractivity contribution in [3.63, 3.8) is 0 Å². The van der Waals surface area contributed by atoms with E-state index in [0.29, 0.717) is 12.5 Å². The molecule has 6 nitrogen and oxygen atoms in total. The monoisotopic (exact) mass is 377 g/mol. The molecule has 1 aromatic carbocycles. The summed E-state index contributed by atoms with van der Waals surface area (Å²) in [6.07, 6.45) is 2.08. The lowest BCUT2D eigenvalue weighted by Crippen LogP contribution is -2.38. The number of nitrogens with one attached hydrogen (secondary N) is 2. The number of methoxy groups -OCH3 is 1. The Morgan fingerprint density at radius 1 is 1.33 bits per heavy atom. The van der Waals surface area contributed by atoms with Crippen molar-refractivity contribution < 1.29 is 14.2 Å². The number of aliphatic imine (C=N–C) groups is 1. The summed E-state index contributed by atoms with van der Waals surface area (Å²) in [5.74, 6) is 2.63. The highest BCUT2D eigenvalue weighted by Gasteiger charge is 2.15. The Balaban J connectivity index is 1.71. The summed E-state index contributed by atoms with van der Waals surface area (Å²) in [4.78, 5) is 4.73. The first-order valence-corrected chi connectivity index (χ1v) is 10.0. The Morgan fingerprint density at radius 2 is 2.19 bits per heavy atom. The number of ether oxygens (including phenoxy) is 3. The fourth-order valence-electron chi connectivity index (χ4n) is 3.09. The van der Waals surface area contributed by atoms with E-state index in [-0.39, 0.29) is 5.92 Å². The van der Waals surface area contributed by atoms with E-state index in [9.17, 15) is 0 Å². The van der Waals surface area contributed by atoms with Gasteiger partial charge in [0.25, 0.3) is 0 Å². The van der Waals surface area contributed by atoms with Crippen LogP contribution in [0.1, 0.15) is 38.2 Å². The smallest absolute Gasteiger partial charge is 0.191 e. The van der Waals surface area contributed by atoms with Gasteiger partial charge >= 0.3 is 0 Å². The topological polar surface area (TPSA) is 64.1 Å². The molecule has 6 heteroatoms. The van der Waals surface area contributed by atoms with Crippen molar-refractivity contribution in [1.82, 2.24) is 10.6 Å². The Bertz CT molecular complexity index is 559. The second-order valence-electron chi connectivity index (χ2n) is 6.95. The maximum atomic E-state index is 5.75. The van der Waals surface area contributed by atoms with E-state index < -0.39 is 0 Å². The Kier molecular flexibility index (Phi) is 10.0. The Labute approximate surface area is 163 Å². The summed E-state index contributed by atoms with van der Waals surface area (Å²) in [5.41, 5.74) is 1.18. The number of benzene rings is 1. The molecule has 152 valence electrons. The average Bonchev–Trinajstić information content (AvgIpc) is 3.21. The van der Waals surface area contributed by atoms with Crippen LogP contribution >= 0.6 is 0 Å². The van der Waals surface area contributed by atoms with Crippen molar-refractivity contribution in [1.29, 1.82) is 0 Å². The van der Waals surface area contributed by atoms with Crippen molar-refractivity contribution >= 4 is 5.96 Å². The molecule has 0 bridgehead atoms. The number of guanidine groups is 1. The van der Waals surface area contributed by atoms with Gasteiger partial charge in [-0.3, -0.25) is 4.99 Å². The summed E-state index contributed by atoms with van der Waals surface area (Å²) in [7, 11) is 1.71. The maximum absolute atomic E-state index is 5.75. The molecular formula is C21H35N3O3. The normalized spacial score (nSPS) is 18.3. The number of rotatable bonds is 11. The van der Waals surface area contributed by atoms with Crippen molar-refractivity contribution in [3.8, 4) is 5.75 Å². The van der Waals surface area contributed by atoms with Gasteiger partial charge in [0, 0.05) is 44.7 Å². The van der Waals surface area contributed by atoms with E-state index in [1.54, 1.807) is 7.11 Å². The third-order valence-electron chi connectivity index (χ3n) is 4.67. The molecule has 1 saturated heterocycles. The Hall–Kier alpha value is -1.79. The fraction of sp³-hybridized carbons (Fsp3) is 0.667. The first kappa shape index (κ1) is 21.5. The summed E-state index contributed by atoms with van der Waals surface area (Å²) >= 11 is 0. The van der Waals surface area contributed by atoms with Gasteiger partial charge in [-0.1, -0.05) is 25.1 Å². The highest BCUT2D eigenvalue weighted by atomic mass is 16.5. The molecule has 27 heavy (non-hydrogen) atoms. The molecule has 0 aliphatic carbocycles. The quantitative estimate of drug-likeness (QED) is 0.353. The number of hydrogen-bond donors (Lipinski definition) is 2. The van der Waals surface area contributed by atoms with E-state index >= 15 is 0 Å². The second kappa shape index (κ2) is 12.6. The standard InChI is InChI=1S/C21H35N3O3/c1-4-22-21(23-11-7-12-26-15-18-10-13-27-16-18)24-14-17(2)19-8-5-6-9-20(19)25-3/h5-6,8-9,17-18H,4,7,10-16H2,1-3H3,(H2,22,23,24). The van der Waals surface area contributed by atoms with Gasteiger partial charge in [-0.05, 0) is 31.4 Å². The highest BCUT2D eigenvalue weighted by Crippen LogP contribution is 2.26. The molecule has 1 aromatic rings. The van der Waals surface area contributed by atoms with E-state index in [4.69, 9.17) is 19.2 Å². The minimum atomic E-state index is 0.286. The van der Waals surface area contributed by atoms with Gasteiger partial charge in [0.2, 0.25) is 0 Å². The predicted molar refractivity (Wildman–Crippen MR) is 110 cm³/mol. The summed E-state index contributed by atoms with van der Waals surface area (Å²) in [5, 5.41) is 6.69. The van der Waals surface area contributed by atoms with Crippen LogP contribution < -0.4 is 15.4 Å². The van der Waals surface area contributed by atoms with E-state index in [0.717, 1.165) is 64.1 Å². The lowest BCUT2D eigenvalue weighted by Gasteiger charge is -2.16. The van der Waals surface area contributed by atoms with E-state index in [2.05, 4.69) is 30.5 Å². The van der Waals surface area contributed by atoms with Gasteiger partial charge in [-0.2, -0.15) is 0 Å². The highest BCUT2D eigenvalue weighted by molar-refractivity contribution is 5.79. The molecule has 0 spiro atoms. The lowest BCUT2D eigenvalue weighted by molar-refractivity contribution is 0.0888. The van der Waals surface area contributed by atoms with Crippen LogP contribution in [0, 0.1) is 5.92 Å². The van der Waals surface area contributed by atoms with Crippen LogP contribution in [0.25, 0.3) is 0 Å². The molecule has 1 aliphatic heterocycles. The van der Waals surface area contributed by atoms with Gasteiger partial charge in [-0.15, -0.1) is 0 Å². The van der Waals surface area contributed by atoms with Gasteiger partial charge in [-0.25, -0.2) is 0 Å². The SMILES string of the molecule is CCNC(=NCC(C)c1ccccc1OC)NCCCOCC1CCOC1. The summed E-state index contributed by atoms with van der Waals surface area (Å²) in [6, 6.07) is 8.13. The average molecular weight is 378 g/mol. The number of hydrogen-bond acceptors (Lipinski definition) is 4. The molecular weight excluding hydrogens is 342 g/mol. The van der Waals surface area contributed by atoms with E-state index in [1.165, 1.54) is 5.56 Å². The zero-order valence-electron chi connectivity index (χ0n) is 17.0.